The topological polar surface area (TPSA) is 74.5 Å². The second kappa shape index (κ2) is 10.0. The van der Waals surface area contributed by atoms with Crippen LogP contribution in [0.15, 0.2) is 4.52 Å². The summed E-state index contributed by atoms with van der Waals surface area (Å²) in [6.45, 7) is 15.9. The number of amides is 1. The first-order valence-corrected chi connectivity index (χ1v) is 9.93. The molecule has 1 saturated heterocycles. The molecule has 1 aliphatic heterocycles. The first kappa shape index (κ1) is 20.8. The van der Waals surface area contributed by atoms with E-state index in [0.29, 0.717) is 18.7 Å². The molecule has 0 aliphatic carbocycles. The number of piperazine rings is 1. The van der Waals surface area contributed by atoms with E-state index in [1.165, 1.54) is 0 Å². The van der Waals surface area contributed by atoms with E-state index in [4.69, 9.17) is 4.52 Å². The van der Waals surface area contributed by atoms with Gasteiger partial charge < -0.3 is 19.6 Å². The van der Waals surface area contributed by atoms with E-state index < -0.39 is 0 Å². The van der Waals surface area contributed by atoms with Gasteiger partial charge in [-0.15, -0.1) is 0 Å². The second-order valence-corrected chi connectivity index (χ2v) is 8.09. The molecule has 1 aromatic heterocycles. The average Bonchev–Trinajstić information content (AvgIpc) is 3.08. The molecule has 0 saturated carbocycles. The van der Waals surface area contributed by atoms with Gasteiger partial charge in [0.2, 0.25) is 11.8 Å². The molecule has 0 atom stereocenters. The molecular formula is C19H35N5O2. The van der Waals surface area contributed by atoms with Crippen LogP contribution in [0, 0.1) is 0 Å². The summed E-state index contributed by atoms with van der Waals surface area (Å²) in [5.41, 5.74) is -0.109. The molecule has 1 amide bonds. The Balaban J connectivity index is 1.52. The Bertz CT molecular complexity index is 544. The molecule has 7 heteroatoms. The fraction of sp³-hybridized carbons (Fsp3) is 0.842. The molecule has 0 unspecified atom stereocenters. The molecule has 2 heterocycles. The third-order valence-corrected chi connectivity index (χ3v) is 4.82. The van der Waals surface area contributed by atoms with Gasteiger partial charge >= 0.3 is 0 Å². The molecule has 0 bridgehead atoms. The quantitative estimate of drug-likeness (QED) is 0.673. The molecule has 0 aromatic carbocycles. The maximum atomic E-state index is 11.9. The minimum absolute atomic E-state index is 0.108. The summed E-state index contributed by atoms with van der Waals surface area (Å²) < 4.78 is 5.25. The Labute approximate surface area is 157 Å². The highest BCUT2D eigenvalue weighted by Crippen LogP contribution is 2.18. The fourth-order valence-electron chi connectivity index (χ4n) is 3.01. The molecule has 2 rings (SSSR count). The van der Waals surface area contributed by atoms with Gasteiger partial charge in [-0.3, -0.25) is 4.79 Å². The van der Waals surface area contributed by atoms with Crippen molar-refractivity contribution in [2.75, 3.05) is 45.8 Å². The van der Waals surface area contributed by atoms with Crippen molar-refractivity contribution in [1.29, 1.82) is 0 Å². The largest absolute Gasteiger partial charge is 0.356 e. The fourth-order valence-corrected chi connectivity index (χ4v) is 3.01. The number of hydrogen-bond acceptors (Lipinski definition) is 6. The monoisotopic (exact) mass is 365 g/mol. The van der Waals surface area contributed by atoms with Crippen LogP contribution in [0.3, 0.4) is 0 Å². The van der Waals surface area contributed by atoms with Crippen LogP contribution in [0.25, 0.3) is 0 Å². The number of nitrogens with zero attached hydrogens (tertiary/aromatic N) is 4. The van der Waals surface area contributed by atoms with E-state index in [0.717, 1.165) is 64.5 Å². The summed E-state index contributed by atoms with van der Waals surface area (Å²) in [6, 6.07) is 0. The molecule has 7 nitrogen and oxygen atoms in total. The maximum Gasteiger partial charge on any atom is 0.226 e. The minimum Gasteiger partial charge on any atom is -0.356 e. The average molecular weight is 366 g/mol. The summed E-state index contributed by atoms with van der Waals surface area (Å²) in [6.07, 6.45) is 2.90. The van der Waals surface area contributed by atoms with Gasteiger partial charge in [0, 0.05) is 51.0 Å². The zero-order chi connectivity index (χ0) is 19.0. The van der Waals surface area contributed by atoms with Gasteiger partial charge in [0.15, 0.2) is 5.82 Å². The number of likely N-dealkylation sites (N-methyl/N-ethyl adjacent to an activating group) is 1. The second-order valence-electron chi connectivity index (χ2n) is 8.09. The van der Waals surface area contributed by atoms with E-state index >= 15 is 0 Å². The highest BCUT2D eigenvalue weighted by atomic mass is 16.5. The zero-order valence-corrected chi connectivity index (χ0v) is 16.9. The van der Waals surface area contributed by atoms with Gasteiger partial charge in [0.05, 0.1) is 0 Å². The van der Waals surface area contributed by atoms with Crippen molar-refractivity contribution >= 4 is 5.91 Å². The van der Waals surface area contributed by atoms with Crippen molar-refractivity contribution < 1.29 is 9.32 Å². The van der Waals surface area contributed by atoms with E-state index in [2.05, 4.69) is 53.0 Å². The molecule has 0 radical (unpaired) electrons. The summed E-state index contributed by atoms with van der Waals surface area (Å²) in [4.78, 5) is 21.3. The number of hydrogen-bond donors (Lipinski definition) is 1. The maximum absolute atomic E-state index is 11.9. The Kier molecular flexibility index (Phi) is 8.03. The van der Waals surface area contributed by atoms with E-state index in [9.17, 15) is 4.79 Å². The normalized spacial score (nSPS) is 16.8. The van der Waals surface area contributed by atoms with Gasteiger partial charge in [-0.25, -0.2) is 0 Å². The summed E-state index contributed by atoms with van der Waals surface area (Å²) in [5, 5.41) is 7.02. The van der Waals surface area contributed by atoms with Crippen molar-refractivity contribution in [3.8, 4) is 0 Å². The van der Waals surface area contributed by atoms with Crippen molar-refractivity contribution in [2.45, 2.75) is 58.8 Å². The van der Waals surface area contributed by atoms with Crippen molar-refractivity contribution in [1.82, 2.24) is 25.3 Å². The van der Waals surface area contributed by atoms with Gasteiger partial charge in [-0.2, -0.15) is 4.98 Å². The van der Waals surface area contributed by atoms with Crippen molar-refractivity contribution in [2.24, 2.45) is 0 Å². The number of carbonyl (C=O) groups is 1. The van der Waals surface area contributed by atoms with Gasteiger partial charge in [0.1, 0.15) is 0 Å². The van der Waals surface area contributed by atoms with Crippen LogP contribution in [-0.2, 0) is 16.6 Å². The third kappa shape index (κ3) is 7.03. The number of aryl methyl sites for hydroxylation is 1. The van der Waals surface area contributed by atoms with Crippen LogP contribution in [0.2, 0.25) is 0 Å². The number of aromatic nitrogens is 2. The highest BCUT2D eigenvalue weighted by Gasteiger charge is 2.20. The highest BCUT2D eigenvalue weighted by molar-refractivity contribution is 5.75. The molecule has 1 fully saturated rings. The Morgan fingerprint density at radius 1 is 1.15 bits per heavy atom. The van der Waals surface area contributed by atoms with Crippen LogP contribution in [-0.4, -0.2) is 71.7 Å². The first-order chi connectivity index (χ1) is 12.4. The number of carbonyl (C=O) groups excluding carboxylic acids is 1. The molecular weight excluding hydrogens is 330 g/mol. The predicted molar refractivity (Wildman–Crippen MR) is 102 cm³/mol. The standard InChI is InChI=1S/C19H35N5O2/c1-5-23-12-14-24(15-13-23)11-7-10-20-16(25)8-6-9-17-21-18(22-26-17)19(2,3)4/h5-15H2,1-4H3,(H,20,25). The lowest BCUT2D eigenvalue weighted by Crippen LogP contribution is -2.46. The number of nitrogens with one attached hydrogen (secondary N) is 1. The van der Waals surface area contributed by atoms with Crippen LogP contribution < -0.4 is 5.32 Å². The van der Waals surface area contributed by atoms with Crippen LogP contribution in [0.5, 0.6) is 0 Å². The minimum atomic E-state index is -0.109. The van der Waals surface area contributed by atoms with Crippen LogP contribution in [0.1, 0.15) is 58.7 Å². The lowest BCUT2D eigenvalue weighted by Gasteiger charge is -2.33. The Morgan fingerprint density at radius 2 is 1.85 bits per heavy atom. The molecule has 148 valence electrons. The Hall–Kier alpha value is -1.47. The van der Waals surface area contributed by atoms with Gasteiger partial charge in [0.25, 0.3) is 0 Å². The summed E-state index contributed by atoms with van der Waals surface area (Å²) >= 11 is 0. The lowest BCUT2D eigenvalue weighted by molar-refractivity contribution is -0.121. The molecule has 0 spiro atoms. The molecule has 1 aliphatic rings. The van der Waals surface area contributed by atoms with E-state index in [-0.39, 0.29) is 11.3 Å². The lowest BCUT2D eigenvalue weighted by atomic mass is 9.96. The summed E-state index contributed by atoms with van der Waals surface area (Å²) in [7, 11) is 0. The van der Waals surface area contributed by atoms with Crippen LogP contribution in [0.4, 0.5) is 0 Å². The smallest absolute Gasteiger partial charge is 0.226 e. The van der Waals surface area contributed by atoms with E-state index in [1.807, 2.05) is 0 Å². The van der Waals surface area contributed by atoms with Gasteiger partial charge in [-0.05, 0) is 25.9 Å². The van der Waals surface area contributed by atoms with Crippen molar-refractivity contribution in [3.63, 3.8) is 0 Å². The number of rotatable bonds is 9. The van der Waals surface area contributed by atoms with Gasteiger partial charge in [-0.1, -0.05) is 32.9 Å². The molecule has 1 aromatic rings. The summed E-state index contributed by atoms with van der Waals surface area (Å²) in [5.74, 6) is 1.45. The van der Waals surface area contributed by atoms with E-state index in [1.54, 1.807) is 0 Å². The third-order valence-electron chi connectivity index (χ3n) is 4.82. The van der Waals surface area contributed by atoms with Crippen molar-refractivity contribution in [3.05, 3.63) is 11.7 Å². The predicted octanol–water partition coefficient (Wildman–Crippen LogP) is 1.83. The first-order valence-electron chi connectivity index (χ1n) is 9.93. The SMILES string of the molecule is CCN1CCN(CCCNC(=O)CCCc2nc(C(C)(C)C)no2)CC1. The molecule has 26 heavy (non-hydrogen) atoms. The van der Waals surface area contributed by atoms with Crippen LogP contribution >= 0.6 is 0 Å². The molecule has 1 N–H and O–H groups in total. The Morgan fingerprint density at radius 3 is 2.46 bits per heavy atom. The zero-order valence-electron chi connectivity index (χ0n) is 16.9.